The Bertz CT molecular complexity index is 924. The molecule has 0 fully saturated rings. The number of hydrogen-bond acceptors (Lipinski definition) is 7. The van der Waals surface area contributed by atoms with Crippen molar-refractivity contribution in [3.05, 3.63) is 47.4 Å². The fraction of sp³-hybridized carbons (Fsp3) is 0.478. The summed E-state index contributed by atoms with van der Waals surface area (Å²) in [5, 5.41) is 12.1. The normalized spacial score (nSPS) is 18.2. The summed E-state index contributed by atoms with van der Waals surface area (Å²) in [6.07, 6.45) is 6.54. The molecule has 9 nitrogen and oxygen atoms in total. The van der Waals surface area contributed by atoms with Gasteiger partial charge in [0.1, 0.15) is 17.2 Å². The smallest absolute Gasteiger partial charge is 0.256 e. The van der Waals surface area contributed by atoms with E-state index >= 15 is 0 Å². The lowest BCUT2D eigenvalue weighted by Gasteiger charge is -2.14. The summed E-state index contributed by atoms with van der Waals surface area (Å²) in [6.45, 7) is 2.10. The van der Waals surface area contributed by atoms with Gasteiger partial charge in [-0.25, -0.2) is 9.37 Å². The van der Waals surface area contributed by atoms with Gasteiger partial charge in [0.05, 0.1) is 6.04 Å². The second-order valence-corrected chi connectivity index (χ2v) is 8.07. The Balaban J connectivity index is 1.67. The Labute approximate surface area is 193 Å². The average molecular weight is 458 g/mol. The maximum Gasteiger partial charge on any atom is 0.256 e. The summed E-state index contributed by atoms with van der Waals surface area (Å²) in [5.41, 5.74) is 7.08. The van der Waals surface area contributed by atoms with Crippen molar-refractivity contribution in [1.82, 2.24) is 20.6 Å². The molecular weight excluding hydrogens is 425 g/mol. The van der Waals surface area contributed by atoms with E-state index in [-0.39, 0.29) is 24.2 Å². The summed E-state index contributed by atoms with van der Waals surface area (Å²) < 4.78 is 13.1. The van der Waals surface area contributed by atoms with E-state index in [1.54, 1.807) is 12.1 Å². The average Bonchev–Trinajstić information content (AvgIpc) is 2.82. The first-order valence-electron chi connectivity index (χ1n) is 11.4. The molecule has 6 N–H and O–H groups in total. The predicted octanol–water partition coefficient (Wildman–Crippen LogP) is 2.17. The zero-order chi connectivity index (χ0) is 23.5. The first kappa shape index (κ1) is 24.4. The van der Waals surface area contributed by atoms with E-state index in [9.17, 15) is 14.0 Å². The van der Waals surface area contributed by atoms with Gasteiger partial charge >= 0.3 is 0 Å². The fourth-order valence-electron chi connectivity index (χ4n) is 3.45. The van der Waals surface area contributed by atoms with Crippen LogP contribution in [-0.4, -0.2) is 47.5 Å². The van der Waals surface area contributed by atoms with E-state index in [0.717, 1.165) is 31.2 Å². The van der Waals surface area contributed by atoms with Crippen LogP contribution in [0.25, 0.3) is 0 Å². The number of anilines is 2. The highest BCUT2D eigenvalue weighted by Crippen LogP contribution is 2.15. The highest BCUT2D eigenvalue weighted by Gasteiger charge is 2.16. The Morgan fingerprint density at radius 1 is 1.03 bits per heavy atom. The Kier molecular flexibility index (Phi) is 9.37. The lowest BCUT2D eigenvalue weighted by Crippen LogP contribution is -2.41. The van der Waals surface area contributed by atoms with E-state index in [0.29, 0.717) is 49.8 Å². The fourth-order valence-corrected chi connectivity index (χ4v) is 3.45. The molecule has 0 saturated heterocycles. The van der Waals surface area contributed by atoms with E-state index in [2.05, 4.69) is 31.2 Å². The molecule has 10 heteroatoms. The first-order valence-corrected chi connectivity index (χ1v) is 11.4. The summed E-state index contributed by atoms with van der Waals surface area (Å²) >= 11 is 0. The molecule has 33 heavy (non-hydrogen) atoms. The topological polar surface area (TPSA) is 134 Å². The third-order valence-electron chi connectivity index (χ3n) is 5.41. The van der Waals surface area contributed by atoms with Crippen LogP contribution < -0.4 is 27.0 Å². The number of hydrogen-bond donors (Lipinski definition) is 5. The molecule has 1 unspecified atom stereocenters. The first-order chi connectivity index (χ1) is 16.0. The van der Waals surface area contributed by atoms with Crippen molar-refractivity contribution in [1.29, 1.82) is 0 Å². The van der Waals surface area contributed by atoms with Crippen LogP contribution in [0.1, 0.15) is 54.4 Å². The molecule has 1 aliphatic rings. The number of carbonyl (C=O) groups excluding carboxylic acids is 2. The number of nitrogens with zero attached hydrogens (tertiary/aromatic N) is 2. The van der Waals surface area contributed by atoms with Crippen LogP contribution in [0.4, 0.5) is 16.2 Å². The third-order valence-corrected chi connectivity index (χ3v) is 5.41. The summed E-state index contributed by atoms with van der Waals surface area (Å²) in [6, 6.07) is 5.38. The molecule has 0 saturated carbocycles. The minimum Gasteiger partial charge on any atom is -0.369 e. The molecule has 0 radical (unpaired) electrons. The number of halogens is 1. The van der Waals surface area contributed by atoms with Crippen molar-refractivity contribution >= 4 is 23.6 Å². The molecule has 2 amide bonds. The molecule has 3 rings (SSSR count). The second kappa shape index (κ2) is 12.7. The Hall–Kier alpha value is -3.27. The largest absolute Gasteiger partial charge is 0.369 e. The number of rotatable bonds is 3. The van der Waals surface area contributed by atoms with Crippen LogP contribution in [0, 0.1) is 5.82 Å². The Morgan fingerprint density at radius 2 is 1.73 bits per heavy atom. The van der Waals surface area contributed by atoms with Crippen molar-refractivity contribution in [2.75, 3.05) is 30.3 Å². The summed E-state index contributed by atoms with van der Waals surface area (Å²) in [5.74, 6) is 0.0604. The third kappa shape index (κ3) is 7.98. The molecule has 2 bridgehead atoms. The van der Waals surface area contributed by atoms with Gasteiger partial charge in [-0.15, -0.1) is 0 Å². The lowest BCUT2D eigenvalue weighted by molar-refractivity contribution is -0.122. The van der Waals surface area contributed by atoms with Crippen LogP contribution in [0.2, 0.25) is 0 Å². The molecule has 178 valence electrons. The maximum absolute atomic E-state index is 13.1. The second-order valence-electron chi connectivity index (χ2n) is 8.07. The van der Waals surface area contributed by atoms with Crippen LogP contribution in [0.15, 0.2) is 30.5 Å². The maximum atomic E-state index is 13.1. The Morgan fingerprint density at radius 3 is 2.48 bits per heavy atom. The van der Waals surface area contributed by atoms with Crippen molar-refractivity contribution in [2.24, 2.45) is 5.73 Å². The number of carbonyl (C=O) groups is 2. The van der Waals surface area contributed by atoms with Gasteiger partial charge in [-0.1, -0.05) is 25.0 Å². The van der Waals surface area contributed by atoms with E-state index in [1.807, 2.05) is 0 Å². The number of nitrogens with two attached hydrogens (primary N) is 1. The lowest BCUT2D eigenvalue weighted by atomic mass is 10.1. The van der Waals surface area contributed by atoms with Crippen LogP contribution in [-0.2, 0) is 11.3 Å². The van der Waals surface area contributed by atoms with E-state index in [4.69, 9.17) is 5.73 Å². The monoisotopic (exact) mass is 457 g/mol. The minimum atomic E-state index is -0.566. The number of aromatic nitrogens is 2. The van der Waals surface area contributed by atoms with Gasteiger partial charge < -0.3 is 27.0 Å². The van der Waals surface area contributed by atoms with Crippen LogP contribution in [0.5, 0.6) is 0 Å². The number of fused-ring (bicyclic) bond motifs is 2. The molecule has 1 aliphatic heterocycles. The molecule has 0 aliphatic carbocycles. The molecular formula is C23H32FN7O2. The van der Waals surface area contributed by atoms with Gasteiger partial charge in [0, 0.05) is 32.4 Å². The van der Waals surface area contributed by atoms with Gasteiger partial charge in [0.15, 0.2) is 0 Å². The van der Waals surface area contributed by atoms with Crippen molar-refractivity contribution < 1.29 is 14.0 Å². The van der Waals surface area contributed by atoms with E-state index < -0.39 is 6.04 Å². The quantitative estimate of drug-likeness (QED) is 0.477. The number of benzene rings is 1. The van der Waals surface area contributed by atoms with Crippen molar-refractivity contribution in [3.63, 3.8) is 0 Å². The molecule has 1 aromatic heterocycles. The molecule has 1 aromatic carbocycles. The van der Waals surface area contributed by atoms with Crippen LogP contribution >= 0.6 is 0 Å². The van der Waals surface area contributed by atoms with Gasteiger partial charge in [-0.05, 0) is 43.4 Å². The molecule has 1 atom stereocenters. The number of amides is 2. The molecule has 0 spiro atoms. The highest BCUT2D eigenvalue weighted by atomic mass is 19.1. The zero-order valence-electron chi connectivity index (χ0n) is 18.7. The van der Waals surface area contributed by atoms with Gasteiger partial charge in [-0.2, -0.15) is 4.98 Å². The molecule has 2 heterocycles. The summed E-state index contributed by atoms with van der Waals surface area (Å²) in [7, 11) is 0. The highest BCUT2D eigenvalue weighted by molar-refractivity contribution is 5.98. The van der Waals surface area contributed by atoms with Gasteiger partial charge in [0.2, 0.25) is 11.9 Å². The number of nitrogens with one attached hydrogen (secondary N) is 4. The van der Waals surface area contributed by atoms with E-state index in [1.165, 1.54) is 18.3 Å². The van der Waals surface area contributed by atoms with Crippen molar-refractivity contribution in [3.8, 4) is 0 Å². The SMILES string of the molecule is NC1CCCNc2nc(ncc2C(=O)NCc2ccc(F)cc2)NCCCCCCNC1=O. The standard InChI is InChI=1S/C23H32FN7O2/c24-17-9-7-16(8-10-17)14-29-21(32)18-15-30-23-28-12-4-2-1-3-11-27-22(33)19(25)6-5-13-26-20(18)31-23/h7-10,15,19H,1-6,11-14,25H2,(H,27,33)(H,29,32)(H2,26,28,30,31). The zero-order valence-corrected chi connectivity index (χ0v) is 18.7. The molecule has 2 aromatic rings. The van der Waals surface area contributed by atoms with Crippen molar-refractivity contribution in [2.45, 2.75) is 51.1 Å². The van der Waals surface area contributed by atoms with Gasteiger partial charge in [0.25, 0.3) is 5.91 Å². The van der Waals surface area contributed by atoms with Crippen LogP contribution in [0.3, 0.4) is 0 Å². The summed E-state index contributed by atoms with van der Waals surface area (Å²) in [4.78, 5) is 33.7. The minimum absolute atomic E-state index is 0.133. The van der Waals surface area contributed by atoms with Gasteiger partial charge in [-0.3, -0.25) is 9.59 Å². The predicted molar refractivity (Wildman–Crippen MR) is 125 cm³/mol.